The number of unbranched alkanes of at least 4 members (excludes halogenated alkanes) is 1. The van der Waals surface area contributed by atoms with Gasteiger partial charge in [-0.25, -0.2) is 0 Å². The lowest BCUT2D eigenvalue weighted by Crippen LogP contribution is -3.13. The van der Waals surface area contributed by atoms with Gasteiger partial charge in [-0.1, -0.05) is 13.3 Å². The molecule has 0 saturated carbocycles. The minimum Gasteiger partial charge on any atom is -0.550 e. The molecule has 0 aromatic carbocycles. The van der Waals surface area contributed by atoms with Crippen molar-refractivity contribution in [1.29, 1.82) is 0 Å². The Balaban J connectivity index is 0.000000423. The number of carboxylic acids is 1. The fourth-order valence-electron chi connectivity index (χ4n) is 2.09. The molecular formula is C12H25NO2. The Kier molecular flexibility index (Phi) is 8.38. The number of nitrogens with one attached hydrogen (secondary N) is 1. The van der Waals surface area contributed by atoms with E-state index in [2.05, 4.69) is 14.0 Å². The molecule has 0 aromatic rings. The molecule has 1 N–H and O–H groups in total. The van der Waals surface area contributed by atoms with Crippen LogP contribution in [0.5, 0.6) is 0 Å². The number of carbonyl (C=O) groups excluding carboxylic acids is 1. The highest BCUT2D eigenvalue weighted by molar-refractivity contribution is 5.60. The number of hydrogen-bond acceptors (Lipinski definition) is 2. The van der Waals surface area contributed by atoms with Crippen molar-refractivity contribution >= 4 is 5.97 Å². The molecule has 0 aromatic heterocycles. The highest BCUT2D eigenvalue weighted by Crippen LogP contribution is 2.08. The molecule has 15 heavy (non-hydrogen) atoms. The zero-order valence-corrected chi connectivity index (χ0v) is 10.3. The smallest absolute Gasteiger partial charge is 0.0872 e. The second-order valence-corrected chi connectivity index (χ2v) is 4.42. The number of aliphatic carboxylic acids is 1. The first kappa shape index (κ1) is 14.4. The Bertz CT molecular complexity index is 167. The van der Waals surface area contributed by atoms with Crippen molar-refractivity contribution < 1.29 is 14.8 Å². The molecule has 3 nitrogen and oxygen atoms in total. The van der Waals surface area contributed by atoms with Gasteiger partial charge >= 0.3 is 0 Å². The van der Waals surface area contributed by atoms with Gasteiger partial charge in [0.1, 0.15) is 0 Å². The first-order valence-electron chi connectivity index (χ1n) is 6.07. The van der Waals surface area contributed by atoms with Gasteiger partial charge in [-0.3, -0.25) is 0 Å². The Hall–Kier alpha value is -0.570. The zero-order valence-electron chi connectivity index (χ0n) is 10.3. The Labute approximate surface area is 93.5 Å². The average Bonchev–Trinajstić information content (AvgIpc) is 2.16. The van der Waals surface area contributed by atoms with Crippen molar-refractivity contribution in [2.45, 2.75) is 58.4 Å². The quantitative estimate of drug-likeness (QED) is 0.720. The first-order chi connectivity index (χ1) is 7.07. The van der Waals surface area contributed by atoms with E-state index in [4.69, 9.17) is 9.90 Å². The zero-order chi connectivity index (χ0) is 11.7. The van der Waals surface area contributed by atoms with Crippen molar-refractivity contribution in [3.05, 3.63) is 0 Å². The number of carboxylic acid groups (broad SMARTS) is 1. The van der Waals surface area contributed by atoms with E-state index in [1.54, 1.807) is 4.90 Å². The summed E-state index contributed by atoms with van der Waals surface area (Å²) in [6.45, 7) is 4.67. The van der Waals surface area contributed by atoms with Crippen molar-refractivity contribution in [3.8, 4) is 0 Å². The summed E-state index contributed by atoms with van der Waals surface area (Å²) < 4.78 is 0. The molecule has 1 aliphatic rings. The van der Waals surface area contributed by atoms with Crippen molar-refractivity contribution in [2.24, 2.45) is 0 Å². The van der Waals surface area contributed by atoms with Crippen LogP contribution in [0.1, 0.15) is 52.4 Å². The number of piperidine rings is 1. The minimum atomic E-state index is -1.08. The summed E-state index contributed by atoms with van der Waals surface area (Å²) in [4.78, 5) is 10.7. The van der Waals surface area contributed by atoms with Crippen molar-refractivity contribution in [1.82, 2.24) is 0 Å². The van der Waals surface area contributed by atoms with E-state index in [1.807, 2.05) is 0 Å². The monoisotopic (exact) mass is 215 g/mol. The predicted molar refractivity (Wildman–Crippen MR) is 59.6 cm³/mol. The van der Waals surface area contributed by atoms with Gasteiger partial charge in [0, 0.05) is 5.97 Å². The summed E-state index contributed by atoms with van der Waals surface area (Å²) in [6.07, 6.45) is 8.67. The van der Waals surface area contributed by atoms with Crippen LogP contribution < -0.4 is 10.0 Å². The van der Waals surface area contributed by atoms with Gasteiger partial charge in [0.05, 0.1) is 19.6 Å². The van der Waals surface area contributed by atoms with Crippen LogP contribution in [0.15, 0.2) is 0 Å². The number of hydrogen-bond donors (Lipinski definition) is 1. The molecule has 0 spiro atoms. The third-order valence-electron chi connectivity index (χ3n) is 2.98. The van der Waals surface area contributed by atoms with Gasteiger partial charge < -0.3 is 14.8 Å². The molecule has 2 atom stereocenters. The van der Waals surface area contributed by atoms with Crippen LogP contribution in [0, 0.1) is 0 Å². The van der Waals surface area contributed by atoms with Crippen molar-refractivity contribution in [2.75, 3.05) is 13.6 Å². The molecular weight excluding hydrogens is 190 g/mol. The molecule has 90 valence electrons. The van der Waals surface area contributed by atoms with Crippen LogP contribution in [-0.2, 0) is 4.79 Å². The summed E-state index contributed by atoms with van der Waals surface area (Å²) in [5.74, 6) is -1.08. The molecule has 1 heterocycles. The third kappa shape index (κ3) is 8.43. The van der Waals surface area contributed by atoms with Crippen LogP contribution in [0.2, 0.25) is 0 Å². The van der Waals surface area contributed by atoms with Crippen LogP contribution in [0.25, 0.3) is 0 Å². The number of rotatable bonds is 3. The molecule has 0 amide bonds. The first-order valence-corrected chi connectivity index (χ1v) is 6.07. The van der Waals surface area contributed by atoms with Gasteiger partial charge in [-0.05, 0) is 39.0 Å². The van der Waals surface area contributed by atoms with E-state index < -0.39 is 5.97 Å². The largest absolute Gasteiger partial charge is 0.550 e. The standard InChI is InChI=1S/C10H21N.C2H4O2/c1-3-4-7-10-8-5-6-9-11(10)2;1-2(3)4/h10H,3-9H2,1-2H3;1H3,(H,3,4). The van der Waals surface area contributed by atoms with Gasteiger partial charge in [0.15, 0.2) is 0 Å². The number of carbonyl (C=O) groups is 1. The molecule has 0 bridgehead atoms. The maximum absolute atomic E-state index is 8.89. The Morgan fingerprint density at radius 2 is 2.07 bits per heavy atom. The van der Waals surface area contributed by atoms with Crippen LogP contribution in [0.3, 0.4) is 0 Å². The summed E-state index contributed by atoms with van der Waals surface area (Å²) in [5.41, 5.74) is 0. The Morgan fingerprint density at radius 3 is 2.53 bits per heavy atom. The highest BCUT2D eigenvalue weighted by Gasteiger charge is 2.20. The molecule has 3 heteroatoms. The lowest BCUT2D eigenvalue weighted by molar-refractivity contribution is -0.911. The lowest BCUT2D eigenvalue weighted by atomic mass is 9.98. The van der Waals surface area contributed by atoms with E-state index in [-0.39, 0.29) is 0 Å². The molecule has 1 saturated heterocycles. The second kappa shape index (κ2) is 8.72. The molecule has 2 unspecified atom stereocenters. The summed E-state index contributed by atoms with van der Waals surface area (Å²) >= 11 is 0. The maximum Gasteiger partial charge on any atom is 0.0872 e. The Morgan fingerprint density at radius 1 is 1.47 bits per heavy atom. The number of likely N-dealkylation sites (tertiary alicyclic amines) is 1. The number of quaternary nitrogens is 1. The highest BCUT2D eigenvalue weighted by atomic mass is 16.4. The van der Waals surface area contributed by atoms with Crippen LogP contribution in [-0.4, -0.2) is 25.6 Å². The van der Waals surface area contributed by atoms with E-state index >= 15 is 0 Å². The van der Waals surface area contributed by atoms with Gasteiger partial charge in [-0.2, -0.15) is 0 Å². The summed E-state index contributed by atoms with van der Waals surface area (Å²) in [6, 6.07) is 0.990. The van der Waals surface area contributed by atoms with E-state index in [0.717, 1.165) is 13.0 Å². The SMILES string of the molecule is CC(=O)[O-].CCCCC1CCCC[NH+]1C. The predicted octanol–water partition coefficient (Wildman–Crippen LogP) is 0.00000000000000117. The third-order valence-corrected chi connectivity index (χ3v) is 2.98. The molecule has 0 radical (unpaired) electrons. The van der Waals surface area contributed by atoms with Crippen molar-refractivity contribution in [3.63, 3.8) is 0 Å². The van der Waals surface area contributed by atoms with Gasteiger partial charge in [0.25, 0.3) is 0 Å². The second-order valence-electron chi connectivity index (χ2n) is 4.42. The molecule has 1 fully saturated rings. The maximum atomic E-state index is 8.89. The van der Waals surface area contributed by atoms with E-state index in [9.17, 15) is 0 Å². The van der Waals surface area contributed by atoms with Crippen LogP contribution in [0.4, 0.5) is 0 Å². The van der Waals surface area contributed by atoms with E-state index in [1.165, 1.54) is 45.1 Å². The minimum absolute atomic E-state index is 0.972. The molecule has 1 aliphatic heterocycles. The fraction of sp³-hybridized carbons (Fsp3) is 0.917. The normalized spacial score (nSPS) is 25.3. The summed E-state index contributed by atoms with van der Waals surface area (Å²) in [7, 11) is 2.36. The van der Waals surface area contributed by atoms with Gasteiger partial charge in [-0.15, -0.1) is 0 Å². The van der Waals surface area contributed by atoms with E-state index in [0.29, 0.717) is 0 Å². The summed E-state index contributed by atoms with van der Waals surface area (Å²) in [5, 5.41) is 8.89. The van der Waals surface area contributed by atoms with Crippen LogP contribution >= 0.6 is 0 Å². The lowest BCUT2D eigenvalue weighted by Gasteiger charge is -2.29. The average molecular weight is 215 g/mol. The fourth-order valence-corrected chi connectivity index (χ4v) is 2.09. The molecule has 1 rings (SSSR count). The molecule has 0 aliphatic carbocycles. The van der Waals surface area contributed by atoms with Gasteiger partial charge in [0.2, 0.25) is 0 Å². The topological polar surface area (TPSA) is 44.6 Å².